The highest BCUT2D eigenvalue weighted by Crippen LogP contribution is 2.25. The third kappa shape index (κ3) is 1.85. The lowest BCUT2D eigenvalue weighted by Crippen LogP contribution is -2.48. The summed E-state index contributed by atoms with van der Waals surface area (Å²) in [5.74, 6) is 0. The van der Waals surface area contributed by atoms with Crippen LogP contribution >= 0.6 is 0 Å². The number of hydrogen-bond acceptors (Lipinski definition) is 3. The van der Waals surface area contributed by atoms with Crippen molar-refractivity contribution < 1.29 is 9.53 Å². The lowest BCUT2D eigenvalue weighted by molar-refractivity contribution is 0.0204. The largest absolute Gasteiger partial charge is 0.444 e. The second-order valence-corrected chi connectivity index (χ2v) is 5.13. The van der Waals surface area contributed by atoms with Gasteiger partial charge in [0.2, 0.25) is 0 Å². The maximum absolute atomic E-state index is 11.7. The molecule has 4 nitrogen and oxygen atoms in total. The monoisotopic (exact) mass is 198 g/mol. The first-order chi connectivity index (χ1) is 6.46. The Hall–Kier alpha value is -0.770. The van der Waals surface area contributed by atoms with E-state index in [1.807, 2.05) is 25.7 Å². The van der Waals surface area contributed by atoms with E-state index in [9.17, 15) is 4.79 Å². The Bertz CT molecular complexity index is 247. The second-order valence-electron chi connectivity index (χ2n) is 5.13. The van der Waals surface area contributed by atoms with Crippen LogP contribution in [-0.4, -0.2) is 41.8 Å². The standard InChI is InChI=1S/C10H18N2O2/c1-10(2,3)14-9(13)12-6-7-4-8(12)5-11-7/h7-8,11H,4-6H2,1-3H3/t7-,8?/m0/s1. The van der Waals surface area contributed by atoms with Gasteiger partial charge in [-0.1, -0.05) is 0 Å². The highest BCUT2D eigenvalue weighted by atomic mass is 16.6. The number of nitrogens with one attached hydrogen (secondary N) is 1. The van der Waals surface area contributed by atoms with Gasteiger partial charge in [0, 0.05) is 25.2 Å². The fourth-order valence-electron chi connectivity index (χ4n) is 2.10. The van der Waals surface area contributed by atoms with Crippen molar-refractivity contribution in [2.75, 3.05) is 13.1 Å². The first kappa shape index (κ1) is 9.77. The third-order valence-corrected chi connectivity index (χ3v) is 2.68. The number of hydrogen-bond donors (Lipinski definition) is 1. The van der Waals surface area contributed by atoms with Crippen molar-refractivity contribution in [2.24, 2.45) is 0 Å². The van der Waals surface area contributed by atoms with Crippen LogP contribution in [0.3, 0.4) is 0 Å². The Balaban J connectivity index is 1.93. The molecule has 2 aliphatic heterocycles. The molecule has 0 aromatic heterocycles. The number of piperazine rings is 1. The normalized spacial score (nSPS) is 30.9. The van der Waals surface area contributed by atoms with Gasteiger partial charge in [0.05, 0.1) is 0 Å². The number of carbonyl (C=O) groups excluding carboxylic acids is 1. The number of fused-ring (bicyclic) bond motifs is 2. The number of likely N-dealkylation sites (tertiary alicyclic amines) is 1. The molecule has 80 valence electrons. The average molecular weight is 198 g/mol. The number of nitrogens with zero attached hydrogens (tertiary/aromatic N) is 1. The molecular formula is C10H18N2O2. The zero-order chi connectivity index (χ0) is 10.3. The Morgan fingerprint density at radius 2 is 2.21 bits per heavy atom. The Morgan fingerprint density at radius 3 is 2.64 bits per heavy atom. The summed E-state index contributed by atoms with van der Waals surface area (Å²) in [7, 11) is 0. The fraction of sp³-hybridized carbons (Fsp3) is 0.900. The van der Waals surface area contributed by atoms with Gasteiger partial charge in [0.15, 0.2) is 0 Å². The summed E-state index contributed by atoms with van der Waals surface area (Å²) in [6.45, 7) is 7.43. The van der Waals surface area contributed by atoms with Crippen LogP contribution in [0.2, 0.25) is 0 Å². The van der Waals surface area contributed by atoms with E-state index >= 15 is 0 Å². The minimum atomic E-state index is -0.383. The van der Waals surface area contributed by atoms with Crippen LogP contribution in [0.5, 0.6) is 0 Å². The minimum absolute atomic E-state index is 0.161. The summed E-state index contributed by atoms with van der Waals surface area (Å²) in [5, 5.41) is 3.35. The molecule has 0 aromatic carbocycles. The Labute approximate surface area is 84.6 Å². The Morgan fingerprint density at radius 1 is 1.50 bits per heavy atom. The van der Waals surface area contributed by atoms with Crippen LogP contribution in [0.4, 0.5) is 4.79 Å². The lowest BCUT2D eigenvalue weighted by atomic mass is 10.2. The number of rotatable bonds is 0. The van der Waals surface area contributed by atoms with Crippen molar-refractivity contribution in [1.29, 1.82) is 0 Å². The second kappa shape index (κ2) is 3.12. The summed E-state index contributed by atoms with van der Waals surface area (Å²) in [4.78, 5) is 13.6. The van der Waals surface area contributed by atoms with Gasteiger partial charge >= 0.3 is 6.09 Å². The van der Waals surface area contributed by atoms with Gasteiger partial charge in [-0.2, -0.15) is 0 Å². The molecule has 14 heavy (non-hydrogen) atoms. The van der Waals surface area contributed by atoms with Crippen molar-refractivity contribution >= 4 is 6.09 Å². The van der Waals surface area contributed by atoms with E-state index < -0.39 is 0 Å². The SMILES string of the molecule is CC(C)(C)OC(=O)N1C[C@@H]2CC1CN2. The number of amides is 1. The van der Waals surface area contributed by atoms with E-state index in [2.05, 4.69) is 5.32 Å². The molecule has 2 atom stereocenters. The average Bonchev–Trinajstić information content (AvgIpc) is 2.59. The summed E-state index contributed by atoms with van der Waals surface area (Å²) in [5.41, 5.74) is -0.383. The first-order valence-corrected chi connectivity index (χ1v) is 5.19. The molecule has 1 N–H and O–H groups in total. The van der Waals surface area contributed by atoms with Crippen molar-refractivity contribution in [2.45, 2.75) is 44.9 Å². The molecule has 1 unspecified atom stereocenters. The highest BCUT2D eigenvalue weighted by molar-refractivity contribution is 5.69. The van der Waals surface area contributed by atoms with Crippen LogP contribution < -0.4 is 5.32 Å². The first-order valence-electron chi connectivity index (χ1n) is 5.19. The van der Waals surface area contributed by atoms with Gasteiger partial charge < -0.3 is 15.0 Å². The smallest absolute Gasteiger partial charge is 0.410 e. The fourth-order valence-corrected chi connectivity index (χ4v) is 2.10. The molecule has 2 aliphatic rings. The lowest BCUT2D eigenvalue weighted by Gasteiger charge is -2.30. The molecule has 2 saturated heterocycles. The van der Waals surface area contributed by atoms with Gasteiger partial charge in [-0.15, -0.1) is 0 Å². The van der Waals surface area contributed by atoms with Gasteiger partial charge in [0.25, 0.3) is 0 Å². The summed E-state index contributed by atoms with van der Waals surface area (Å²) < 4.78 is 5.33. The molecule has 2 rings (SSSR count). The molecule has 2 fully saturated rings. The molecule has 0 aliphatic carbocycles. The third-order valence-electron chi connectivity index (χ3n) is 2.68. The van der Waals surface area contributed by atoms with E-state index in [1.54, 1.807) is 0 Å². The predicted octanol–water partition coefficient (Wildman–Crippen LogP) is 0.968. The van der Waals surface area contributed by atoms with E-state index in [1.165, 1.54) is 0 Å². The summed E-state index contributed by atoms with van der Waals surface area (Å²) in [6, 6.07) is 0.849. The van der Waals surface area contributed by atoms with E-state index in [-0.39, 0.29) is 11.7 Å². The van der Waals surface area contributed by atoms with Gasteiger partial charge in [-0.3, -0.25) is 0 Å². The zero-order valence-electron chi connectivity index (χ0n) is 9.04. The summed E-state index contributed by atoms with van der Waals surface area (Å²) in [6.07, 6.45) is 0.922. The van der Waals surface area contributed by atoms with Crippen LogP contribution in [0, 0.1) is 0 Å². The van der Waals surface area contributed by atoms with Crippen LogP contribution in [0.25, 0.3) is 0 Å². The molecule has 2 bridgehead atoms. The number of ether oxygens (including phenoxy) is 1. The molecular weight excluding hydrogens is 180 g/mol. The molecule has 0 saturated carbocycles. The quantitative estimate of drug-likeness (QED) is 0.630. The van der Waals surface area contributed by atoms with E-state index in [4.69, 9.17) is 4.74 Å². The number of carbonyl (C=O) groups is 1. The maximum Gasteiger partial charge on any atom is 0.410 e. The van der Waals surface area contributed by atoms with Gasteiger partial charge in [0.1, 0.15) is 5.60 Å². The molecule has 4 heteroatoms. The topological polar surface area (TPSA) is 41.6 Å². The van der Waals surface area contributed by atoms with Crippen molar-refractivity contribution in [1.82, 2.24) is 10.2 Å². The van der Waals surface area contributed by atoms with Crippen LogP contribution in [0.15, 0.2) is 0 Å². The predicted molar refractivity (Wildman–Crippen MR) is 53.1 cm³/mol. The van der Waals surface area contributed by atoms with Gasteiger partial charge in [-0.25, -0.2) is 4.79 Å². The van der Waals surface area contributed by atoms with Crippen molar-refractivity contribution in [3.8, 4) is 0 Å². The van der Waals surface area contributed by atoms with Crippen molar-refractivity contribution in [3.05, 3.63) is 0 Å². The van der Waals surface area contributed by atoms with Crippen LogP contribution in [0.1, 0.15) is 27.2 Å². The highest BCUT2D eigenvalue weighted by Gasteiger charge is 2.41. The molecule has 0 radical (unpaired) electrons. The molecule has 1 amide bonds. The molecule has 0 spiro atoms. The van der Waals surface area contributed by atoms with E-state index in [0.29, 0.717) is 12.1 Å². The van der Waals surface area contributed by atoms with Crippen molar-refractivity contribution in [3.63, 3.8) is 0 Å². The molecule has 0 aromatic rings. The summed E-state index contributed by atoms with van der Waals surface area (Å²) >= 11 is 0. The Kier molecular flexibility index (Phi) is 2.18. The van der Waals surface area contributed by atoms with E-state index in [0.717, 1.165) is 19.5 Å². The van der Waals surface area contributed by atoms with Gasteiger partial charge in [-0.05, 0) is 27.2 Å². The maximum atomic E-state index is 11.7. The molecule has 2 heterocycles. The van der Waals surface area contributed by atoms with Crippen LogP contribution in [-0.2, 0) is 4.74 Å². The minimum Gasteiger partial charge on any atom is -0.444 e. The zero-order valence-corrected chi connectivity index (χ0v) is 9.04.